The third kappa shape index (κ3) is 4.63. The normalized spacial score (nSPS) is 11.1. The molecule has 152 valence electrons. The van der Waals surface area contributed by atoms with Gasteiger partial charge in [0, 0.05) is 10.6 Å². The predicted octanol–water partition coefficient (Wildman–Crippen LogP) is 7.04. The number of nitrogens with zero attached hydrogens (tertiary/aromatic N) is 1. The Morgan fingerprint density at radius 1 is 1.03 bits per heavy atom. The van der Waals surface area contributed by atoms with E-state index in [4.69, 9.17) is 6.57 Å². The highest BCUT2D eigenvalue weighted by Crippen LogP contribution is 2.39. The van der Waals surface area contributed by atoms with Crippen molar-refractivity contribution in [2.45, 2.75) is 11.1 Å². The first-order valence-electron chi connectivity index (χ1n) is 8.57. The van der Waals surface area contributed by atoms with Crippen molar-refractivity contribution in [2.24, 2.45) is 0 Å². The highest BCUT2D eigenvalue weighted by atomic mass is 32.2. The van der Waals surface area contributed by atoms with Gasteiger partial charge in [0.05, 0.1) is 17.7 Å². The maximum Gasteiger partial charge on any atom is 0.407 e. The van der Waals surface area contributed by atoms with Gasteiger partial charge in [-0.1, -0.05) is 24.3 Å². The summed E-state index contributed by atoms with van der Waals surface area (Å²) in [5.74, 6) is -1.36. The Kier molecular flexibility index (Phi) is 6.13. The summed E-state index contributed by atoms with van der Waals surface area (Å²) in [6.45, 7) is 6.94. The maximum absolute atomic E-state index is 13.8. The van der Waals surface area contributed by atoms with Crippen molar-refractivity contribution in [3.05, 3.63) is 89.0 Å². The van der Waals surface area contributed by atoms with Gasteiger partial charge in [-0.25, -0.2) is 9.24 Å². The minimum absolute atomic E-state index is 0.0533. The lowest BCUT2D eigenvalue weighted by Crippen LogP contribution is -2.14. The van der Waals surface area contributed by atoms with Crippen LogP contribution in [-0.4, -0.2) is 12.2 Å². The van der Waals surface area contributed by atoms with Gasteiger partial charge < -0.3 is 5.32 Å². The van der Waals surface area contributed by atoms with Crippen molar-refractivity contribution < 1.29 is 22.4 Å². The monoisotopic (exact) mass is 430 g/mol. The average Bonchev–Trinajstić information content (AvgIpc) is 2.73. The third-order valence-corrected chi connectivity index (χ3v) is 5.05. The number of alkyl halides is 3. The summed E-state index contributed by atoms with van der Waals surface area (Å²) in [5.41, 5.74) is -1.14. The highest BCUT2D eigenvalue weighted by molar-refractivity contribution is 7.98. The summed E-state index contributed by atoms with van der Waals surface area (Å²) in [7, 11) is 0. The fourth-order valence-electron chi connectivity index (χ4n) is 2.86. The van der Waals surface area contributed by atoms with Crippen LogP contribution in [0, 0.1) is 12.4 Å². The van der Waals surface area contributed by atoms with Crippen LogP contribution in [0.4, 0.5) is 28.9 Å². The maximum atomic E-state index is 13.8. The molecule has 3 aromatic rings. The Labute approximate surface area is 174 Å². The van der Waals surface area contributed by atoms with Crippen LogP contribution in [0.5, 0.6) is 0 Å². The molecule has 0 saturated carbocycles. The summed E-state index contributed by atoms with van der Waals surface area (Å²) in [4.78, 5) is 16.7. The molecule has 0 unspecified atom stereocenters. The number of carbonyl (C=O) groups is 1. The highest BCUT2D eigenvalue weighted by Gasteiger charge is 2.34. The average molecular weight is 430 g/mol. The number of nitrogens with one attached hydrogen (secondary N) is 1. The van der Waals surface area contributed by atoms with Gasteiger partial charge in [-0.3, -0.25) is 4.79 Å². The van der Waals surface area contributed by atoms with E-state index in [1.165, 1.54) is 23.9 Å². The molecule has 0 radical (unpaired) electrons. The van der Waals surface area contributed by atoms with Gasteiger partial charge in [-0.2, -0.15) is 13.2 Å². The van der Waals surface area contributed by atoms with Gasteiger partial charge in [-0.05, 0) is 53.8 Å². The van der Waals surface area contributed by atoms with Crippen LogP contribution in [-0.2, 0) is 6.18 Å². The molecule has 0 atom stereocenters. The second-order valence-electron chi connectivity index (χ2n) is 6.21. The molecule has 0 bridgehead atoms. The number of carbonyl (C=O) groups excluding carboxylic acids is 1. The lowest BCUT2D eigenvalue weighted by molar-refractivity contribution is -0.136. The van der Waals surface area contributed by atoms with E-state index >= 15 is 0 Å². The molecule has 30 heavy (non-hydrogen) atoms. The zero-order valence-corrected chi connectivity index (χ0v) is 16.4. The van der Waals surface area contributed by atoms with Crippen LogP contribution in [0.25, 0.3) is 16.0 Å². The van der Waals surface area contributed by atoms with Crippen molar-refractivity contribution in [1.29, 1.82) is 0 Å². The molecule has 0 aromatic heterocycles. The van der Waals surface area contributed by atoms with Crippen LogP contribution in [0.1, 0.15) is 15.9 Å². The van der Waals surface area contributed by atoms with E-state index in [1.54, 1.807) is 24.3 Å². The molecule has 0 fully saturated rings. The second-order valence-corrected chi connectivity index (χ2v) is 7.09. The number of halogens is 4. The lowest BCUT2D eigenvalue weighted by Gasteiger charge is -2.14. The summed E-state index contributed by atoms with van der Waals surface area (Å²) in [5, 5.41) is 2.63. The van der Waals surface area contributed by atoms with Gasteiger partial charge in [0.25, 0.3) is 5.91 Å². The zero-order valence-electron chi connectivity index (χ0n) is 15.5. The van der Waals surface area contributed by atoms with Crippen LogP contribution in [0.3, 0.4) is 0 Å². The van der Waals surface area contributed by atoms with Crippen LogP contribution < -0.4 is 5.32 Å². The van der Waals surface area contributed by atoms with Gasteiger partial charge >= 0.3 is 6.18 Å². The van der Waals surface area contributed by atoms with Gasteiger partial charge in [-0.15, -0.1) is 11.8 Å². The van der Waals surface area contributed by atoms with E-state index in [2.05, 4.69) is 10.2 Å². The Balaban J connectivity index is 2.03. The van der Waals surface area contributed by atoms with Crippen molar-refractivity contribution in [3.63, 3.8) is 0 Å². The SMILES string of the molecule is [C-]#[N+]c1ccc(-c2ccc(F)cc2C(=O)Nc2ccc(SC)cc2)cc1C(F)(F)F. The molecular formula is C22H14F4N2OS. The van der Waals surface area contributed by atoms with Crippen molar-refractivity contribution in [2.75, 3.05) is 11.6 Å². The summed E-state index contributed by atoms with van der Waals surface area (Å²) in [6.07, 6.45) is -2.83. The summed E-state index contributed by atoms with van der Waals surface area (Å²) < 4.78 is 53.8. The Hall–Kier alpha value is -3.31. The topological polar surface area (TPSA) is 33.5 Å². The standard InChI is InChI=1S/C22H14F4N2OS/c1-27-20-10-3-13(11-19(20)22(24,25)26)17-9-4-14(23)12-18(17)21(29)28-15-5-7-16(30-2)8-6-15/h3-12H,2H3,(H,28,29). The van der Waals surface area contributed by atoms with Crippen LogP contribution in [0.2, 0.25) is 0 Å². The van der Waals surface area contributed by atoms with E-state index in [9.17, 15) is 22.4 Å². The fourth-order valence-corrected chi connectivity index (χ4v) is 3.27. The molecular weight excluding hydrogens is 416 g/mol. The number of benzene rings is 3. The van der Waals surface area contributed by atoms with Gasteiger partial charge in [0.1, 0.15) is 5.82 Å². The minimum Gasteiger partial charge on any atom is -0.322 e. The molecule has 0 aliphatic rings. The molecule has 0 heterocycles. The van der Waals surface area contributed by atoms with Crippen molar-refractivity contribution in [1.82, 2.24) is 0 Å². The molecule has 0 aliphatic heterocycles. The van der Waals surface area contributed by atoms with E-state index in [1.807, 2.05) is 6.26 Å². The molecule has 0 saturated heterocycles. The van der Waals surface area contributed by atoms with E-state index in [-0.39, 0.29) is 16.7 Å². The molecule has 8 heteroatoms. The summed E-state index contributed by atoms with van der Waals surface area (Å²) >= 11 is 1.53. The predicted molar refractivity (Wildman–Crippen MR) is 109 cm³/mol. The number of thioether (sulfide) groups is 1. The lowest BCUT2D eigenvalue weighted by atomic mass is 9.96. The van der Waals surface area contributed by atoms with E-state index < -0.39 is 29.2 Å². The smallest absolute Gasteiger partial charge is 0.322 e. The first kappa shape index (κ1) is 21.4. The Morgan fingerprint density at radius 2 is 1.73 bits per heavy atom. The molecule has 0 aliphatic carbocycles. The number of hydrogen-bond donors (Lipinski definition) is 1. The van der Waals surface area contributed by atoms with E-state index in [0.717, 1.165) is 29.2 Å². The fraction of sp³-hybridized carbons (Fsp3) is 0.0909. The molecule has 1 amide bonds. The number of rotatable bonds is 4. The summed E-state index contributed by atoms with van der Waals surface area (Å²) in [6, 6.07) is 13.4. The van der Waals surface area contributed by atoms with Crippen LogP contribution in [0.15, 0.2) is 65.6 Å². The molecule has 1 N–H and O–H groups in total. The largest absolute Gasteiger partial charge is 0.407 e. The Morgan fingerprint density at radius 3 is 2.33 bits per heavy atom. The number of hydrogen-bond acceptors (Lipinski definition) is 2. The molecule has 3 nitrogen and oxygen atoms in total. The minimum atomic E-state index is -4.74. The zero-order chi connectivity index (χ0) is 21.9. The van der Waals surface area contributed by atoms with Gasteiger partial charge in [0.15, 0.2) is 5.69 Å². The van der Waals surface area contributed by atoms with Crippen molar-refractivity contribution in [3.8, 4) is 11.1 Å². The number of anilines is 1. The first-order valence-corrected chi connectivity index (χ1v) is 9.79. The molecule has 3 aromatic carbocycles. The quantitative estimate of drug-likeness (QED) is 0.274. The molecule has 3 rings (SSSR count). The van der Waals surface area contributed by atoms with Crippen molar-refractivity contribution >= 4 is 29.0 Å². The second kappa shape index (κ2) is 8.59. The van der Waals surface area contributed by atoms with Crippen LogP contribution >= 0.6 is 11.8 Å². The number of amides is 1. The third-order valence-electron chi connectivity index (χ3n) is 4.31. The Bertz CT molecular complexity index is 1140. The van der Waals surface area contributed by atoms with E-state index in [0.29, 0.717) is 5.69 Å². The van der Waals surface area contributed by atoms with Gasteiger partial charge in [0.2, 0.25) is 0 Å². The first-order chi connectivity index (χ1) is 14.2. The molecule has 0 spiro atoms.